The quantitative estimate of drug-likeness (QED) is 0.318. The number of halogens is 1. The minimum atomic E-state index is -0.356. The molecule has 1 N–H and O–H groups in total. The smallest absolute Gasteiger partial charge is 0.278 e. The van der Waals surface area contributed by atoms with Crippen LogP contribution in [0.4, 0.5) is 5.69 Å². The molecule has 0 radical (unpaired) electrons. The molecule has 184 valence electrons. The van der Waals surface area contributed by atoms with E-state index in [4.69, 9.17) is 21.2 Å². The zero-order valence-electron chi connectivity index (χ0n) is 20.9. The molecule has 0 bridgehead atoms. The molecule has 0 aliphatic carbocycles. The fourth-order valence-electron chi connectivity index (χ4n) is 4.53. The van der Waals surface area contributed by atoms with Crippen LogP contribution in [-0.4, -0.2) is 30.6 Å². The SMILES string of the molecule is Cc1nn(Cc2c(C(=O)Nc3c(C)nn(Cc4cccc5ccccc45)c3C)noc2C)c(C)c1Cl. The van der Waals surface area contributed by atoms with Crippen molar-refractivity contribution in [2.45, 2.75) is 47.7 Å². The standard InChI is InChI=1S/C27H27ClN6O2/c1-15-24(28)17(3)34(30-15)14-23-19(5)36-32-26(23)27(35)29-25-16(2)31-33(18(25)4)13-21-11-8-10-20-9-6-7-12-22(20)21/h6-12H,13-14H2,1-5H3,(H,29,35). The Labute approximate surface area is 213 Å². The number of carbonyl (C=O) groups excluding carboxylic acids is 1. The van der Waals surface area contributed by atoms with Gasteiger partial charge in [-0.2, -0.15) is 10.2 Å². The maximum Gasteiger partial charge on any atom is 0.278 e. The number of benzene rings is 2. The molecule has 1 amide bonds. The van der Waals surface area contributed by atoms with Gasteiger partial charge in [0.2, 0.25) is 0 Å². The van der Waals surface area contributed by atoms with Crippen molar-refractivity contribution in [3.63, 3.8) is 0 Å². The van der Waals surface area contributed by atoms with Gasteiger partial charge in [-0.25, -0.2) is 0 Å². The fraction of sp³-hybridized carbons (Fsp3) is 0.259. The predicted octanol–water partition coefficient (Wildman–Crippen LogP) is 5.77. The molecule has 0 aliphatic rings. The number of nitrogens with one attached hydrogen (secondary N) is 1. The van der Waals surface area contributed by atoms with Gasteiger partial charge in [-0.15, -0.1) is 0 Å². The van der Waals surface area contributed by atoms with E-state index in [1.807, 2.05) is 44.5 Å². The summed E-state index contributed by atoms with van der Waals surface area (Å²) in [5.74, 6) is 0.203. The van der Waals surface area contributed by atoms with Gasteiger partial charge < -0.3 is 9.84 Å². The Morgan fingerprint density at radius 3 is 2.36 bits per heavy atom. The topological polar surface area (TPSA) is 90.8 Å². The first kappa shape index (κ1) is 23.8. The lowest BCUT2D eigenvalue weighted by molar-refractivity contribution is 0.101. The van der Waals surface area contributed by atoms with Gasteiger partial charge in [0.25, 0.3) is 5.91 Å². The molecule has 3 aromatic heterocycles. The van der Waals surface area contributed by atoms with E-state index in [-0.39, 0.29) is 11.6 Å². The van der Waals surface area contributed by atoms with Crippen LogP contribution < -0.4 is 5.32 Å². The van der Waals surface area contributed by atoms with Crippen LogP contribution in [0.2, 0.25) is 5.02 Å². The van der Waals surface area contributed by atoms with Gasteiger partial charge >= 0.3 is 0 Å². The second-order valence-electron chi connectivity index (χ2n) is 9.00. The van der Waals surface area contributed by atoms with Crippen LogP contribution in [0.25, 0.3) is 10.8 Å². The number of carbonyl (C=O) groups is 1. The van der Waals surface area contributed by atoms with E-state index in [2.05, 4.69) is 45.9 Å². The zero-order valence-corrected chi connectivity index (χ0v) is 21.6. The first-order valence-corrected chi connectivity index (χ1v) is 12.1. The maximum absolute atomic E-state index is 13.3. The van der Waals surface area contributed by atoms with E-state index in [9.17, 15) is 4.79 Å². The van der Waals surface area contributed by atoms with E-state index in [0.29, 0.717) is 35.1 Å². The van der Waals surface area contributed by atoms with Gasteiger partial charge in [0.05, 0.1) is 46.6 Å². The van der Waals surface area contributed by atoms with Gasteiger partial charge in [-0.1, -0.05) is 59.2 Å². The average molecular weight is 503 g/mol. The van der Waals surface area contributed by atoms with Crippen molar-refractivity contribution in [1.82, 2.24) is 24.7 Å². The van der Waals surface area contributed by atoms with Crippen molar-refractivity contribution < 1.29 is 9.32 Å². The highest BCUT2D eigenvalue weighted by Crippen LogP contribution is 2.26. The maximum atomic E-state index is 13.3. The summed E-state index contributed by atoms with van der Waals surface area (Å²) < 4.78 is 9.06. The second kappa shape index (κ2) is 9.28. The molecule has 0 spiro atoms. The Kier molecular flexibility index (Phi) is 6.14. The summed E-state index contributed by atoms with van der Waals surface area (Å²) in [4.78, 5) is 13.3. The molecule has 9 heteroatoms. The molecule has 5 rings (SSSR count). The van der Waals surface area contributed by atoms with Crippen molar-refractivity contribution in [1.29, 1.82) is 0 Å². The van der Waals surface area contributed by atoms with Crippen LogP contribution in [-0.2, 0) is 13.1 Å². The molecule has 36 heavy (non-hydrogen) atoms. The fourth-order valence-corrected chi connectivity index (χ4v) is 4.67. The molecule has 0 fully saturated rings. The summed E-state index contributed by atoms with van der Waals surface area (Å²) in [6, 6.07) is 14.5. The molecular weight excluding hydrogens is 476 g/mol. The van der Waals surface area contributed by atoms with Crippen molar-refractivity contribution in [2.75, 3.05) is 5.32 Å². The molecule has 0 aliphatic heterocycles. The normalized spacial score (nSPS) is 11.4. The molecule has 0 atom stereocenters. The van der Waals surface area contributed by atoms with E-state index >= 15 is 0 Å². The summed E-state index contributed by atoms with van der Waals surface area (Å²) in [6.45, 7) is 10.3. The average Bonchev–Trinajstić information content (AvgIpc) is 3.44. The summed E-state index contributed by atoms with van der Waals surface area (Å²) in [5, 5.41) is 19.2. The molecule has 2 aromatic carbocycles. The third kappa shape index (κ3) is 4.18. The molecule has 0 saturated carbocycles. The van der Waals surface area contributed by atoms with Gasteiger partial charge in [0.1, 0.15) is 5.76 Å². The third-order valence-electron chi connectivity index (χ3n) is 6.62. The van der Waals surface area contributed by atoms with Crippen LogP contribution in [0.3, 0.4) is 0 Å². The Bertz CT molecular complexity index is 1610. The number of fused-ring (bicyclic) bond motifs is 1. The van der Waals surface area contributed by atoms with E-state index in [1.165, 1.54) is 10.8 Å². The molecule has 0 saturated heterocycles. The van der Waals surface area contributed by atoms with Gasteiger partial charge in [-0.3, -0.25) is 14.2 Å². The van der Waals surface area contributed by atoms with Crippen molar-refractivity contribution in [3.05, 3.63) is 92.8 Å². The van der Waals surface area contributed by atoms with E-state index in [0.717, 1.165) is 28.3 Å². The lowest BCUT2D eigenvalue weighted by atomic mass is 10.0. The van der Waals surface area contributed by atoms with E-state index < -0.39 is 0 Å². The largest absolute Gasteiger partial charge is 0.361 e. The zero-order chi connectivity index (χ0) is 25.6. The predicted molar refractivity (Wildman–Crippen MR) is 140 cm³/mol. The minimum absolute atomic E-state index is 0.219. The lowest BCUT2D eigenvalue weighted by Crippen LogP contribution is -2.17. The number of rotatable bonds is 6. The Hall–Kier alpha value is -3.91. The van der Waals surface area contributed by atoms with Crippen molar-refractivity contribution >= 4 is 34.0 Å². The summed E-state index contributed by atoms with van der Waals surface area (Å²) >= 11 is 6.30. The number of aromatic nitrogens is 5. The summed E-state index contributed by atoms with van der Waals surface area (Å²) in [7, 11) is 0. The Morgan fingerprint density at radius 2 is 1.61 bits per heavy atom. The number of anilines is 1. The lowest BCUT2D eigenvalue weighted by Gasteiger charge is -2.10. The van der Waals surface area contributed by atoms with Crippen LogP contribution in [0.15, 0.2) is 47.0 Å². The Morgan fingerprint density at radius 1 is 0.917 bits per heavy atom. The number of hydrogen-bond acceptors (Lipinski definition) is 5. The molecule has 5 aromatic rings. The van der Waals surface area contributed by atoms with Gasteiger partial charge in [0.15, 0.2) is 5.69 Å². The first-order valence-electron chi connectivity index (χ1n) is 11.7. The highest BCUT2D eigenvalue weighted by Gasteiger charge is 2.24. The highest BCUT2D eigenvalue weighted by molar-refractivity contribution is 6.31. The number of hydrogen-bond donors (Lipinski definition) is 1. The number of aryl methyl sites for hydroxylation is 3. The van der Waals surface area contributed by atoms with Gasteiger partial charge in [-0.05, 0) is 51.0 Å². The molecule has 0 unspecified atom stereocenters. The molecule has 8 nitrogen and oxygen atoms in total. The minimum Gasteiger partial charge on any atom is -0.361 e. The summed E-state index contributed by atoms with van der Waals surface area (Å²) in [5.41, 5.74) is 5.86. The third-order valence-corrected chi connectivity index (χ3v) is 7.17. The van der Waals surface area contributed by atoms with Crippen molar-refractivity contribution in [2.24, 2.45) is 0 Å². The van der Waals surface area contributed by atoms with Gasteiger partial charge in [0, 0.05) is 5.56 Å². The monoisotopic (exact) mass is 502 g/mol. The number of nitrogens with zero attached hydrogens (tertiary/aromatic N) is 5. The van der Waals surface area contributed by atoms with Crippen LogP contribution >= 0.6 is 11.6 Å². The van der Waals surface area contributed by atoms with Crippen LogP contribution in [0.5, 0.6) is 0 Å². The highest BCUT2D eigenvalue weighted by atomic mass is 35.5. The molecule has 3 heterocycles. The van der Waals surface area contributed by atoms with E-state index in [1.54, 1.807) is 11.6 Å². The van der Waals surface area contributed by atoms with Crippen LogP contribution in [0.1, 0.15) is 50.2 Å². The first-order chi connectivity index (χ1) is 17.2. The molecular formula is C27H27ClN6O2. The Balaban J connectivity index is 1.41. The number of amides is 1. The van der Waals surface area contributed by atoms with Crippen LogP contribution in [0, 0.1) is 34.6 Å². The summed E-state index contributed by atoms with van der Waals surface area (Å²) in [6.07, 6.45) is 0. The van der Waals surface area contributed by atoms with Crippen molar-refractivity contribution in [3.8, 4) is 0 Å². The second-order valence-corrected chi connectivity index (χ2v) is 9.38.